The van der Waals surface area contributed by atoms with Crippen LogP contribution in [0.4, 0.5) is 0 Å². The fourth-order valence-corrected chi connectivity index (χ4v) is 1.89. The van der Waals surface area contributed by atoms with E-state index < -0.39 is 0 Å². The van der Waals surface area contributed by atoms with Crippen LogP contribution in [0.3, 0.4) is 0 Å². The zero-order valence-electron chi connectivity index (χ0n) is 11.1. The molecule has 2 aromatic rings. The molecule has 1 amide bonds. The first kappa shape index (κ1) is 15.6. The molecule has 2 rings (SSSR count). The summed E-state index contributed by atoms with van der Waals surface area (Å²) >= 11 is 11.7. The lowest BCUT2D eigenvalue weighted by atomic mass is 10.2. The van der Waals surface area contributed by atoms with Crippen molar-refractivity contribution < 1.29 is 9.63 Å². The summed E-state index contributed by atoms with van der Waals surface area (Å²) in [7, 11) is 0. The van der Waals surface area contributed by atoms with Crippen LogP contribution in [0.15, 0.2) is 54.6 Å². The van der Waals surface area contributed by atoms with Crippen molar-refractivity contribution in [1.82, 2.24) is 5.48 Å². The number of carbonyl (C=O) groups excluding carboxylic acids is 1. The lowest BCUT2D eigenvalue weighted by molar-refractivity contribution is -0.129. The Bertz CT molecular complexity index is 642. The Hall–Kier alpha value is -1.81. The number of hydrogen-bond donors (Lipinski definition) is 1. The van der Waals surface area contributed by atoms with Gasteiger partial charge in [0.15, 0.2) is 0 Å². The van der Waals surface area contributed by atoms with Gasteiger partial charge < -0.3 is 0 Å². The topological polar surface area (TPSA) is 38.3 Å². The Morgan fingerprint density at radius 2 is 1.86 bits per heavy atom. The summed E-state index contributed by atoms with van der Waals surface area (Å²) in [5.41, 5.74) is 4.10. The maximum absolute atomic E-state index is 11.6. The number of carbonyl (C=O) groups is 1. The van der Waals surface area contributed by atoms with Crippen LogP contribution >= 0.6 is 23.2 Å². The Balaban J connectivity index is 1.81. The molecule has 0 fully saturated rings. The van der Waals surface area contributed by atoms with Crippen molar-refractivity contribution in [3.8, 4) is 0 Å². The molecule has 0 aromatic heterocycles. The van der Waals surface area contributed by atoms with E-state index in [1.807, 2.05) is 30.3 Å². The van der Waals surface area contributed by atoms with Crippen LogP contribution in [-0.4, -0.2) is 5.91 Å². The lowest BCUT2D eigenvalue weighted by Gasteiger charge is -2.03. The number of nitrogens with one attached hydrogen (secondary N) is 1. The van der Waals surface area contributed by atoms with E-state index in [2.05, 4.69) is 5.48 Å². The van der Waals surface area contributed by atoms with Gasteiger partial charge in [-0.05, 0) is 29.3 Å². The average molecular weight is 322 g/mol. The number of hydrogen-bond acceptors (Lipinski definition) is 2. The second-order valence-corrected chi connectivity index (χ2v) is 5.06. The van der Waals surface area contributed by atoms with Crippen molar-refractivity contribution in [2.24, 2.45) is 0 Å². The normalized spacial score (nSPS) is 10.8. The molecule has 0 unspecified atom stereocenters. The summed E-state index contributed by atoms with van der Waals surface area (Å²) in [5.74, 6) is -0.350. The van der Waals surface area contributed by atoms with E-state index in [0.717, 1.165) is 11.1 Å². The lowest BCUT2D eigenvalue weighted by Crippen LogP contribution is -2.21. The van der Waals surface area contributed by atoms with Gasteiger partial charge >= 0.3 is 0 Å². The van der Waals surface area contributed by atoms with E-state index >= 15 is 0 Å². The number of amides is 1. The highest BCUT2D eigenvalue weighted by Gasteiger charge is 1.99. The minimum Gasteiger partial charge on any atom is -0.269 e. The van der Waals surface area contributed by atoms with Gasteiger partial charge in [0.2, 0.25) is 0 Å². The van der Waals surface area contributed by atoms with E-state index in [-0.39, 0.29) is 5.91 Å². The third-order valence-corrected chi connectivity index (χ3v) is 3.36. The molecule has 0 saturated heterocycles. The van der Waals surface area contributed by atoms with Gasteiger partial charge in [0.25, 0.3) is 5.91 Å². The summed E-state index contributed by atoms with van der Waals surface area (Å²) in [6.45, 7) is 0.313. The monoisotopic (exact) mass is 321 g/mol. The minimum atomic E-state index is -0.350. The molecule has 5 heteroatoms. The SMILES string of the molecule is O=C(C=Cc1ccc(Cl)c(Cl)c1)NOCc1ccccc1. The van der Waals surface area contributed by atoms with Gasteiger partial charge in [0.1, 0.15) is 0 Å². The Morgan fingerprint density at radius 1 is 1.10 bits per heavy atom. The molecule has 21 heavy (non-hydrogen) atoms. The van der Waals surface area contributed by atoms with Crippen LogP contribution in [0.25, 0.3) is 6.08 Å². The standard InChI is InChI=1S/C16H13Cl2NO2/c17-14-8-6-12(10-15(14)18)7-9-16(20)19-21-11-13-4-2-1-3-5-13/h1-10H,11H2,(H,19,20). The Kier molecular flexibility index (Phi) is 5.81. The highest BCUT2D eigenvalue weighted by molar-refractivity contribution is 6.42. The van der Waals surface area contributed by atoms with Gasteiger partial charge in [-0.1, -0.05) is 59.6 Å². The van der Waals surface area contributed by atoms with E-state index in [0.29, 0.717) is 16.7 Å². The third kappa shape index (κ3) is 5.23. The molecule has 3 nitrogen and oxygen atoms in total. The van der Waals surface area contributed by atoms with Crippen molar-refractivity contribution in [2.45, 2.75) is 6.61 Å². The molecule has 0 atom stereocenters. The highest BCUT2D eigenvalue weighted by Crippen LogP contribution is 2.23. The van der Waals surface area contributed by atoms with Crippen molar-refractivity contribution in [1.29, 1.82) is 0 Å². The quantitative estimate of drug-likeness (QED) is 0.660. The van der Waals surface area contributed by atoms with Crippen LogP contribution in [0.2, 0.25) is 10.0 Å². The fourth-order valence-electron chi connectivity index (χ4n) is 1.59. The number of rotatable bonds is 5. The van der Waals surface area contributed by atoms with Crippen molar-refractivity contribution >= 4 is 35.2 Å². The van der Waals surface area contributed by atoms with Crippen molar-refractivity contribution in [2.75, 3.05) is 0 Å². The van der Waals surface area contributed by atoms with E-state index in [9.17, 15) is 4.79 Å². The van der Waals surface area contributed by atoms with Crippen LogP contribution < -0.4 is 5.48 Å². The Morgan fingerprint density at radius 3 is 2.57 bits per heavy atom. The summed E-state index contributed by atoms with van der Waals surface area (Å²) in [6.07, 6.45) is 2.99. The van der Waals surface area contributed by atoms with Gasteiger partial charge in [-0.3, -0.25) is 9.63 Å². The van der Waals surface area contributed by atoms with Gasteiger partial charge in [0, 0.05) is 6.08 Å². The molecule has 0 spiro atoms. The maximum Gasteiger partial charge on any atom is 0.267 e. The van der Waals surface area contributed by atoms with E-state index in [4.69, 9.17) is 28.0 Å². The maximum atomic E-state index is 11.6. The van der Waals surface area contributed by atoms with Crippen LogP contribution in [0, 0.1) is 0 Å². The molecule has 108 valence electrons. The first-order valence-electron chi connectivity index (χ1n) is 6.24. The van der Waals surface area contributed by atoms with Crippen LogP contribution in [0.1, 0.15) is 11.1 Å². The molecule has 0 aliphatic heterocycles. The van der Waals surface area contributed by atoms with Crippen molar-refractivity contribution in [3.63, 3.8) is 0 Å². The van der Waals surface area contributed by atoms with Gasteiger partial charge in [-0.25, -0.2) is 5.48 Å². The second kappa shape index (κ2) is 7.84. The molecule has 0 radical (unpaired) electrons. The summed E-state index contributed by atoms with van der Waals surface area (Å²) < 4.78 is 0. The highest BCUT2D eigenvalue weighted by atomic mass is 35.5. The largest absolute Gasteiger partial charge is 0.269 e. The molecule has 1 N–H and O–H groups in total. The van der Waals surface area contributed by atoms with E-state index in [1.165, 1.54) is 6.08 Å². The third-order valence-electron chi connectivity index (χ3n) is 2.63. The number of hydroxylamine groups is 1. The molecular formula is C16H13Cl2NO2. The van der Waals surface area contributed by atoms with Gasteiger partial charge in [0.05, 0.1) is 16.7 Å². The smallest absolute Gasteiger partial charge is 0.267 e. The molecule has 2 aromatic carbocycles. The molecule has 0 saturated carbocycles. The summed E-state index contributed by atoms with van der Waals surface area (Å²) in [4.78, 5) is 16.7. The van der Waals surface area contributed by atoms with Gasteiger partial charge in [-0.2, -0.15) is 0 Å². The zero-order valence-corrected chi connectivity index (χ0v) is 12.6. The zero-order chi connectivity index (χ0) is 15.1. The predicted molar refractivity (Wildman–Crippen MR) is 84.9 cm³/mol. The molecular weight excluding hydrogens is 309 g/mol. The predicted octanol–water partition coefficient (Wildman–Crippen LogP) is 4.25. The fraction of sp³-hybridized carbons (Fsp3) is 0.0625. The molecule has 0 bridgehead atoms. The summed E-state index contributed by atoms with van der Waals surface area (Å²) in [6, 6.07) is 14.7. The summed E-state index contributed by atoms with van der Waals surface area (Å²) in [5, 5.41) is 0.920. The first-order valence-corrected chi connectivity index (χ1v) is 6.99. The first-order chi connectivity index (χ1) is 10.1. The van der Waals surface area contributed by atoms with Gasteiger partial charge in [-0.15, -0.1) is 0 Å². The molecule has 0 aliphatic carbocycles. The second-order valence-electron chi connectivity index (χ2n) is 4.25. The minimum absolute atomic E-state index is 0.313. The van der Waals surface area contributed by atoms with Crippen LogP contribution in [-0.2, 0) is 16.2 Å². The van der Waals surface area contributed by atoms with Crippen molar-refractivity contribution in [3.05, 3.63) is 75.8 Å². The number of halogens is 2. The Labute approximate surface area is 133 Å². The average Bonchev–Trinajstić information content (AvgIpc) is 2.49. The van der Waals surface area contributed by atoms with E-state index in [1.54, 1.807) is 24.3 Å². The molecule has 0 heterocycles. The van der Waals surface area contributed by atoms with Crippen LogP contribution in [0.5, 0.6) is 0 Å². The molecule has 0 aliphatic rings. The number of benzene rings is 2.